The van der Waals surface area contributed by atoms with Crippen molar-refractivity contribution in [2.45, 2.75) is 13.2 Å². The summed E-state index contributed by atoms with van der Waals surface area (Å²) in [5.41, 5.74) is 1.20. The molecule has 2 rings (SSSR count). The number of nitrogens with one attached hydrogen (secondary N) is 1. The van der Waals surface area contributed by atoms with Crippen LogP contribution in [0.1, 0.15) is 10.6 Å². The largest absolute Gasteiger partial charge is 0.486 e. The maximum Gasteiger partial charge on any atom is 0.140 e. The van der Waals surface area contributed by atoms with E-state index in [1.54, 1.807) is 24.6 Å². The molecule has 4 nitrogen and oxygen atoms in total. The number of benzene rings is 1. The first-order chi connectivity index (χ1) is 9.38. The standard InChI is InChI=1S/C14H18N2O2S/c1-17-7-5-15-10-12-3-2-4-13(9-12)18-11-14-16-6-8-19-14/h2-4,6,8-9,15H,5,7,10-11H2,1H3. The minimum Gasteiger partial charge on any atom is -0.486 e. The van der Waals surface area contributed by atoms with Gasteiger partial charge in [-0.05, 0) is 17.7 Å². The van der Waals surface area contributed by atoms with E-state index in [1.807, 2.05) is 23.6 Å². The van der Waals surface area contributed by atoms with Gasteiger partial charge in [0.05, 0.1) is 6.61 Å². The summed E-state index contributed by atoms with van der Waals surface area (Å²) >= 11 is 1.60. The maximum absolute atomic E-state index is 5.71. The first-order valence-electron chi connectivity index (χ1n) is 6.18. The average Bonchev–Trinajstić information content (AvgIpc) is 2.95. The van der Waals surface area contributed by atoms with Crippen LogP contribution in [0.2, 0.25) is 0 Å². The highest BCUT2D eigenvalue weighted by atomic mass is 32.1. The molecule has 0 aliphatic rings. The van der Waals surface area contributed by atoms with Crippen LogP contribution in [-0.2, 0) is 17.9 Å². The van der Waals surface area contributed by atoms with E-state index in [4.69, 9.17) is 9.47 Å². The first kappa shape index (κ1) is 14.0. The lowest BCUT2D eigenvalue weighted by molar-refractivity contribution is 0.199. The molecule has 1 aromatic heterocycles. The van der Waals surface area contributed by atoms with Gasteiger partial charge in [0.25, 0.3) is 0 Å². The summed E-state index contributed by atoms with van der Waals surface area (Å²) in [4.78, 5) is 4.19. The molecule has 102 valence electrons. The third-order valence-electron chi connectivity index (χ3n) is 2.56. The van der Waals surface area contributed by atoms with Crippen LogP contribution in [-0.4, -0.2) is 25.2 Å². The Balaban J connectivity index is 1.81. The normalized spacial score (nSPS) is 10.6. The zero-order valence-corrected chi connectivity index (χ0v) is 11.8. The molecule has 0 bridgehead atoms. The molecule has 5 heteroatoms. The molecule has 1 aromatic carbocycles. The molecular formula is C14H18N2O2S. The minimum atomic E-state index is 0.526. The van der Waals surface area contributed by atoms with Gasteiger partial charge < -0.3 is 14.8 Å². The molecule has 0 radical (unpaired) electrons. The Morgan fingerprint density at radius 1 is 1.37 bits per heavy atom. The molecule has 0 aliphatic heterocycles. The Morgan fingerprint density at radius 2 is 2.32 bits per heavy atom. The molecule has 1 N–H and O–H groups in total. The monoisotopic (exact) mass is 278 g/mol. The lowest BCUT2D eigenvalue weighted by Crippen LogP contribution is -2.18. The average molecular weight is 278 g/mol. The van der Waals surface area contributed by atoms with Gasteiger partial charge >= 0.3 is 0 Å². The van der Waals surface area contributed by atoms with Gasteiger partial charge in [0.2, 0.25) is 0 Å². The Bertz CT molecular complexity index is 474. The van der Waals surface area contributed by atoms with Crippen molar-refractivity contribution in [2.24, 2.45) is 0 Å². The molecule has 0 spiro atoms. The second-order valence-corrected chi connectivity index (χ2v) is 5.01. The van der Waals surface area contributed by atoms with Crippen LogP contribution in [0.15, 0.2) is 35.8 Å². The number of ether oxygens (including phenoxy) is 2. The fourth-order valence-electron chi connectivity index (χ4n) is 1.62. The zero-order chi connectivity index (χ0) is 13.3. The maximum atomic E-state index is 5.71. The summed E-state index contributed by atoms with van der Waals surface area (Å²) in [6.45, 7) is 2.91. The molecule has 0 amide bonds. The van der Waals surface area contributed by atoms with Crippen LogP contribution in [0.4, 0.5) is 0 Å². The number of nitrogens with zero attached hydrogens (tertiary/aromatic N) is 1. The van der Waals surface area contributed by atoms with E-state index < -0.39 is 0 Å². The summed E-state index contributed by atoms with van der Waals surface area (Å²) < 4.78 is 10.7. The fourth-order valence-corrected chi connectivity index (χ4v) is 2.15. The lowest BCUT2D eigenvalue weighted by atomic mass is 10.2. The highest BCUT2D eigenvalue weighted by molar-refractivity contribution is 7.09. The van der Waals surface area contributed by atoms with E-state index >= 15 is 0 Å². The van der Waals surface area contributed by atoms with Gasteiger partial charge in [-0.15, -0.1) is 11.3 Å². The lowest BCUT2D eigenvalue weighted by Gasteiger charge is -2.08. The van der Waals surface area contributed by atoms with Gasteiger partial charge in [0.15, 0.2) is 0 Å². The summed E-state index contributed by atoms with van der Waals surface area (Å²) in [7, 11) is 1.70. The third-order valence-corrected chi connectivity index (χ3v) is 3.31. The van der Waals surface area contributed by atoms with Crippen molar-refractivity contribution in [3.8, 4) is 5.75 Å². The quantitative estimate of drug-likeness (QED) is 0.753. The predicted octanol–water partition coefficient (Wildman–Crippen LogP) is 2.46. The van der Waals surface area contributed by atoms with Crippen molar-refractivity contribution in [3.63, 3.8) is 0 Å². The Morgan fingerprint density at radius 3 is 3.11 bits per heavy atom. The van der Waals surface area contributed by atoms with E-state index in [0.29, 0.717) is 6.61 Å². The van der Waals surface area contributed by atoms with Crippen molar-refractivity contribution in [3.05, 3.63) is 46.4 Å². The van der Waals surface area contributed by atoms with Gasteiger partial charge in [-0.25, -0.2) is 4.98 Å². The summed E-state index contributed by atoms with van der Waals surface area (Å²) in [6, 6.07) is 8.10. The van der Waals surface area contributed by atoms with Gasteiger partial charge in [-0.3, -0.25) is 0 Å². The number of hydrogen-bond acceptors (Lipinski definition) is 5. The smallest absolute Gasteiger partial charge is 0.140 e. The number of hydrogen-bond donors (Lipinski definition) is 1. The minimum absolute atomic E-state index is 0.526. The molecule has 0 saturated heterocycles. The van der Waals surface area contributed by atoms with Crippen molar-refractivity contribution in [1.29, 1.82) is 0 Å². The van der Waals surface area contributed by atoms with Crippen molar-refractivity contribution in [2.75, 3.05) is 20.3 Å². The van der Waals surface area contributed by atoms with Crippen LogP contribution in [0.25, 0.3) is 0 Å². The molecule has 19 heavy (non-hydrogen) atoms. The van der Waals surface area contributed by atoms with Gasteiger partial charge in [0.1, 0.15) is 17.4 Å². The Hall–Kier alpha value is -1.43. The van der Waals surface area contributed by atoms with E-state index in [9.17, 15) is 0 Å². The van der Waals surface area contributed by atoms with Crippen molar-refractivity contribution < 1.29 is 9.47 Å². The summed E-state index contributed by atoms with van der Waals surface area (Å²) in [5, 5.41) is 6.25. The molecule has 0 unspecified atom stereocenters. The molecule has 0 fully saturated rings. The highest BCUT2D eigenvalue weighted by Crippen LogP contribution is 2.15. The van der Waals surface area contributed by atoms with Crippen LogP contribution in [0, 0.1) is 0 Å². The second-order valence-electron chi connectivity index (χ2n) is 4.03. The highest BCUT2D eigenvalue weighted by Gasteiger charge is 1.99. The van der Waals surface area contributed by atoms with Crippen LogP contribution in [0.5, 0.6) is 5.75 Å². The van der Waals surface area contributed by atoms with E-state index in [0.717, 1.165) is 30.5 Å². The summed E-state index contributed by atoms with van der Waals surface area (Å²) in [5.74, 6) is 0.876. The fraction of sp³-hybridized carbons (Fsp3) is 0.357. The number of thiazole rings is 1. The van der Waals surface area contributed by atoms with Crippen LogP contribution < -0.4 is 10.1 Å². The Labute approximate surface area is 117 Å². The molecule has 0 atom stereocenters. The number of rotatable bonds is 8. The third kappa shape index (κ3) is 4.98. The van der Waals surface area contributed by atoms with Gasteiger partial charge in [0, 0.05) is 31.8 Å². The number of methoxy groups -OCH3 is 1. The van der Waals surface area contributed by atoms with Crippen molar-refractivity contribution in [1.82, 2.24) is 10.3 Å². The number of aromatic nitrogens is 1. The predicted molar refractivity (Wildman–Crippen MR) is 76.5 cm³/mol. The summed E-state index contributed by atoms with van der Waals surface area (Å²) in [6.07, 6.45) is 1.79. The second kappa shape index (κ2) is 7.89. The zero-order valence-electron chi connectivity index (χ0n) is 11.0. The molecule has 0 saturated carbocycles. The van der Waals surface area contributed by atoms with E-state index in [1.165, 1.54) is 5.56 Å². The molecular weight excluding hydrogens is 260 g/mol. The van der Waals surface area contributed by atoms with E-state index in [2.05, 4.69) is 16.4 Å². The molecule has 2 aromatic rings. The Kier molecular flexibility index (Phi) is 5.81. The molecule has 1 heterocycles. The van der Waals surface area contributed by atoms with Gasteiger partial charge in [-0.1, -0.05) is 12.1 Å². The van der Waals surface area contributed by atoms with Crippen LogP contribution >= 0.6 is 11.3 Å². The van der Waals surface area contributed by atoms with Gasteiger partial charge in [-0.2, -0.15) is 0 Å². The van der Waals surface area contributed by atoms with E-state index in [-0.39, 0.29) is 0 Å². The topological polar surface area (TPSA) is 43.4 Å². The first-order valence-corrected chi connectivity index (χ1v) is 7.06. The van der Waals surface area contributed by atoms with Crippen molar-refractivity contribution >= 4 is 11.3 Å². The molecule has 0 aliphatic carbocycles. The van der Waals surface area contributed by atoms with Crippen LogP contribution in [0.3, 0.4) is 0 Å². The SMILES string of the molecule is COCCNCc1cccc(OCc2nccs2)c1.